The number of sulfonamides is 1. The molecule has 0 saturated carbocycles. The normalized spacial score (nSPS) is 11.0. The average Bonchev–Trinajstić information content (AvgIpc) is 2.76. The number of halogens is 1. The van der Waals surface area contributed by atoms with Crippen molar-refractivity contribution in [2.24, 2.45) is 0 Å². The zero-order chi connectivity index (χ0) is 24.2. The Labute approximate surface area is 192 Å². The Morgan fingerprint density at radius 3 is 2.15 bits per heavy atom. The van der Waals surface area contributed by atoms with Crippen LogP contribution in [-0.4, -0.2) is 38.7 Å². The molecule has 0 bridgehead atoms. The number of amides is 2. The molecule has 0 unspecified atom stereocenters. The molecule has 0 heterocycles. The second kappa shape index (κ2) is 9.83. The first-order chi connectivity index (χ1) is 15.5. The van der Waals surface area contributed by atoms with E-state index in [9.17, 15) is 22.4 Å². The van der Waals surface area contributed by atoms with Crippen LogP contribution in [0.5, 0.6) is 0 Å². The summed E-state index contributed by atoms with van der Waals surface area (Å²) in [4.78, 5) is 26.4. The third-order valence-corrected chi connectivity index (χ3v) is 6.29. The number of anilines is 2. The van der Waals surface area contributed by atoms with E-state index in [1.165, 1.54) is 42.3 Å². The number of carbonyl (C=O) groups excluding carboxylic acids is 2. The van der Waals surface area contributed by atoms with E-state index in [4.69, 9.17) is 0 Å². The zero-order valence-electron chi connectivity index (χ0n) is 18.4. The minimum absolute atomic E-state index is 0.127. The van der Waals surface area contributed by atoms with Crippen molar-refractivity contribution >= 4 is 33.2 Å². The van der Waals surface area contributed by atoms with Crippen LogP contribution in [0.3, 0.4) is 0 Å². The molecule has 0 fully saturated rings. The number of nitrogens with one attached hydrogen (secondary N) is 2. The Morgan fingerprint density at radius 1 is 0.909 bits per heavy atom. The molecule has 0 atom stereocenters. The van der Waals surface area contributed by atoms with Gasteiger partial charge < -0.3 is 10.2 Å². The molecular formula is C24H24FN3O4S. The lowest BCUT2D eigenvalue weighted by atomic mass is 10.1. The Hall–Kier alpha value is -3.72. The first-order valence-corrected chi connectivity index (χ1v) is 11.5. The molecule has 3 aromatic carbocycles. The SMILES string of the molecule is Cc1ccc(NC(=O)CN(C)C(=O)c2cc(S(=O)(=O)Nc3ccc(F)cc3)ccc2C)cc1. The van der Waals surface area contributed by atoms with Crippen LogP contribution in [0.25, 0.3) is 0 Å². The fourth-order valence-electron chi connectivity index (χ4n) is 3.06. The molecule has 2 amide bonds. The molecule has 0 aliphatic carbocycles. The van der Waals surface area contributed by atoms with E-state index < -0.39 is 21.7 Å². The minimum Gasteiger partial charge on any atom is -0.332 e. The van der Waals surface area contributed by atoms with Gasteiger partial charge in [-0.2, -0.15) is 0 Å². The van der Waals surface area contributed by atoms with Gasteiger partial charge in [0.1, 0.15) is 5.82 Å². The van der Waals surface area contributed by atoms with Gasteiger partial charge in [-0.15, -0.1) is 0 Å². The molecule has 9 heteroatoms. The highest BCUT2D eigenvalue weighted by Gasteiger charge is 2.21. The second-order valence-corrected chi connectivity index (χ2v) is 9.35. The quantitative estimate of drug-likeness (QED) is 0.548. The van der Waals surface area contributed by atoms with E-state index in [-0.39, 0.29) is 28.6 Å². The largest absolute Gasteiger partial charge is 0.332 e. The lowest BCUT2D eigenvalue weighted by molar-refractivity contribution is -0.116. The number of carbonyl (C=O) groups is 2. The van der Waals surface area contributed by atoms with E-state index >= 15 is 0 Å². The number of hydrogen-bond acceptors (Lipinski definition) is 4. The van der Waals surface area contributed by atoms with Crippen LogP contribution in [0.4, 0.5) is 15.8 Å². The number of aryl methyl sites for hydroxylation is 2. The lowest BCUT2D eigenvalue weighted by Gasteiger charge is -2.19. The average molecular weight is 470 g/mol. The molecular weight excluding hydrogens is 445 g/mol. The molecule has 0 spiro atoms. The highest BCUT2D eigenvalue weighted by molar-refractivity contribution is 7.92. The molecule has 172 valence electrons. The number of benzene rings is 3. The van der Waals surface area contributed by atoms with E-state index in [0.717, 1.165) is 17.7 Å². The topological polar surface area (TPSA) is 95.6 Å². The molecule has 3 rings (SSSR count). The predicted octanol–water partition coefficient (Wildman–Crippen LogP) is 3.95. The maximum absolute atomic E-state index is 13.1. The van der Waals surface area contributed by atoms with Crippen molar-refractivity contribution in [3.63, 3.8) is 0 Å². The monoisotopic (exact) mass is 469 g/mol. The van der Waals surface area contributed by atoms with Crippen LogP contribution < -0.4 is 10.0 Å². The van der Waals surface area contributed by atoms with Crippen LogP contribution in [-0.2, 0) is 14.8 Å². The van der Waals surface area contributed by atoms with Gasteiger partial charge in [0.25, 0.3) is 15.9 Å². The Kier molecular flexibility index (Phi) is 7.13. The Balaban J connectivity index is 1.74. The predicted molar refractivity (Wildman–Crippen MR) is 125 cm³/mol. The first kappa shape index (κ1) is 23.9. The summed E-state index contributed by atoms with van der Waals surface area (Å²) in [5, 5.41) is 2.72. The van der Waals surface area contributed by atoms with E-state index in [0.29, 0.717) is 11.3 Å². The third-order valence-electron chi connectivity index (χ3n) is 4.91. The van der Waals surface area contributed by atoms with Crippen LogP contribution >= 0.6 is 0 Å². The summed E-state index contributed by atoms with van der Waals surface area (Å²) in [5.74, 6) is -1.37. The summed E-state index contributed by atoms with van der Waals surface area (Å²) in [5.41, 5.74) is 2.57. The molecule has 0 aliphatic rings. The summed E-state index contributed by atoms with van der Waals surface area (Å²) in [7, 11) is -2.55. The molecule has 3 aromatic rings. The number of likely N-dealkylation sites (N-methyl/N-ethyl adjacent to an activating group) is 1. The summed E-state index contributed by atoms with van der Waals surface area (Å²) >= 11 is 0. The van der Waals surface area contributed by atoms with Crippen LogP contribution in [0.1, 0.15) is 21.5 Å². The van der Waals surface area contributed by atoms with Gasteiger partial charge in [0, 0.05) is 24.0 Å². The van der Waals surface area contributed by atoms with Crippen molar-refractivity contribution < 1.29 is 22.4 Å². The maximum Gasteiger partial charge on any atom is 0.261 e. The van der Waals surface area contributed by atoms with E-state index in [2.05, 4.69) is 10.0 Å². The van der Waals surface area contributed by atoms with Gasteiger partial charge >= 0.3 is 0 Å². The fourth-order valence-corrected chi connectivity index (χ4v) is 4.15. The van der Waals surface area contributed by atoms with Gasteiger partial charge in [-0.05, 0) is 67.9 Å². The van der Waals surface area contributed by atoms with Gasteiger partial charge in [-0.25, -0.2) is 12.8 Å². The van der Waals surface area contributed by atoms with Crippen molar-refractivity contribution in [1.29, 1.82) is 0 Å². The highest BCUT2D eigenvalue weighted by Crippen LogP contribution is 2.21. The van der Waals surface area contributed by atoms with Gasteiger partial charge in [-0.3, -0.25) is 14.3 Å². The van der Waals surface area contributed by atoms with Crippen LogP contribution in [0.2, 0.25) is 0 Å². The van der Waals surface area contributed by atoms with Gasteiger partial charge in [-0.1, -0.05) is 23.8 Å². The smallest absolute Gasteiger partial charge is 0.261 e. The summed E-state index contributed by atoms with van der Waals surface area (Å²) in [6.45, 7) is 3.40. The Bertz CT molecular complexity index is 1270. The maximum atomic E-state index is 13.1. The molecule has 0 aromatic heterocycles. The third kappa shape index (κ3) is 6.17. The van der Waals surface area contributed by atoms with Gasteiger partial charge in [0.2, 0.25) is 5.91 Å². The molecule has 2 N–H and O–H groups in total. The van der Waals surface area contributed by atoms with E-state index in [1.54, 1.807) is 19.1 Å². The Morgan fingerprint density at radius 2 is 1.52 bits per heavy atom. The van der Waals surface area contributed by atoms with Gasteiger partial charge in [0.15, 0.2) is 0 Å². The van der Waals surface area contributed by atoms with E-state index in [1.807, 2.05) is 19.1 Å². The molecule has 0 aliphatic heterocycles. The van der Waals surface area contributed by atoms with Crippen molar-refractivity contribution in [2.45, 2.75) is 18.7 Å². The number of nitrogens with zero attached hydrogens (tertiary/aromatic N) is 1. The molecule has 7 nitrogen and oxygen atoms in total. The van der Waals surface area contributed by atoms with Crippen molar-refractivity contribution in [3.05, 3.63) is 89.2 Å². The van der Waals surface area contributed by atoms with Crippen LogP contribution in [0.15, 0.2) is 71.6 Å². The summed E-state index contributed by atoms with van der Waals surface area (Å²) < 4.78 is 40.9. The lowest BCUT2D eigenvalue weighted by Crippen LogP contribution is -2.35. The van der Waals surface area contributed by atoms with Crippen molar-refractivity contribution in [1.82, 2.24) is 4.90 Å². The van der Waals surface area contributed by atoms with Crippen molar-refractivity contribution in [3.8, 4) is 0 Å². The number of rotatable bonds is 7. The minimum atomic E-state index is -4.01. The summed E-state index contributed by atoms with van der Waals surface area (Å²) in [6, 6.07) is 16.3. The van der Waals surface area contributed by atoms with Gasteiger partial charge in [0.05, 0.1) is 11.4 Å². The fraction of sp³-hybridized carbons (Fsp3) is 0.167. The summed E-state index contributed by atoms with van der Waals surface area (Å²) in [6.07, 6.45) is 0. The molecule has 0 radical (unpaired) electrons. The highest BCUT2D eigenvalue weighted by atomic mass is 32.2. The van der Waals surface area contributed by atoms with Crippen molar-refractivity contribution in [2.75, 3.05) is 23.6 Å². The second-order valence-electron chi connectivity index (χ2n) is 7.66. The van der Waals surface area contributed by atoms with Crippen LogP contribution in [0, 0.1) is 19.7 Å². The standard InChI is InChI=1S/C24H24FN3O4S/c1-16-4-9-19(10-5-16)26-23(29)15-28(3)24(30)22-14-21(13-6-17(22)2)33(31,32)27-20-11-7-18(25)8-12-20/h4-14,27H,15H2,1-3H3,(H,26,29). The molecule has 0 saturated heterocycles. The number of hydrogen-bond donors (Lipinski definition) is 2. The zero-order valence-corrected chi connectivity index (χ0v) is 19.2. The molecule has 33 heavy (non-hydrogen) atoms. The first-order valence-electron chi connectivity index (χ1n) is 10.1.